The van der Waals surface area contributed by atoms with Crippen LogP contribution in [-0.2, 0) is 0 Å². The van der Waals surface area contributed by atoms with E-state index in [1.807, 2.05) is 0 Å². The Labute approximate surface area is 153 Å². The summed E-state index contributed by atoms with van der Waals surface area (Å²) < 4.78 is 0. The van der Waals surface area contributed by atoms with Gasteiger partial charge in [-0.15, -0.1) is 10.0 Å². The first-order chi connectivity index (χ1) is 12.6. The van der Waals surface area contributed by atoms with Crippen molar-refractivity contribution in [1.29, 1.82) is 0 Å². The summed E-state index contributed by atoms with van der Waals surface area (Å²) in [6.07, 6.45) is 0. The van der Waals surface area contributed by atoms with Crippen molar-refractivity contribution >= 4 is 0 Å². The van der Waals surface area contributed by atoms with Crippen molar-refractivity contribution in [3.63, 3.8) is 0 Å². The van der Waals surface area contributed by atoms with Gasteiger partial charge >= 0.3 is 11.3 Å². The van der Waals surface area contributed by atoms with Gasteiger partial charge in [-0.25, -0.2) is 20.2 Å². The summed E-state index contributed by atoms with van der Waals surface area (Å²) >= 11 is 0. The van der Waals surface area contributed by atoms with E-state index in [0.717, 1.165) is 0 Å². The van der Waals surface area contributed by atoms with Gasteiger partial charge in [-0.05, 0) is 0 Å². The Morgan fingerprint density at radius 3 is 0.929 bits per heavy atom. The average molecular weight is 414 g/mol. The van der Waals surface area contributed by atoms with Gasteiger partial charge in [0.2, 0.25) is 13.1 Å². The molecule has 0 radical (unpaired) electrons. The van der Waals surface area contributed by atoms with Gasteiger partial charge in [-0.2, -0.15) is 0 Å². The molecule has 158 valence electrons. The molecule has 0 heterocycles. The molecule has 0 saturated heterocycles. The minimum Gasteiger partial charge on any atom is -0.258 e. The molecule has 20 nitrogen and oxygen atoms in total. The second-order valence-corrected chi connectivity index (χ2v) is 5.71. The molecule has 0 bridgehead atoms. The number of hydrogen-bond acceptors (Lipinski definition) is 12. The molecule has 0 fully saturated rings. The van der Waals surface area contributed by atoms with Crippen molar-refractivity contribution in [2.24, 2.45) is 0 Å². The molecule has 0 aromatic carbocycles. The third-order valence-corrected chi connectivity index (χ3v) is 3.62. The topological polar surface area (TPSA) is 265 Å². The predicted octanol–water partition coefficient (Wildman–Crippen LogP) is -1.49. The SMILES string of the molecule is CC(CN(CCN(CC(C)([N+](=O)[O-])[N+](=O)[O-])[N+](=O)[O-])[N+](=O)[O-])([N+](=O)[O-])[N+](=O)[O-]. The minimum atomic E-state index is -3.03. The quantitative estimate of drug-likeness (QED) is 0.189. The number of hydrazine groups is 2. The molecule has 0 amide bonds. The lowest BCUT2D eigenvalue weighted by Crippen LogP contribution is -2.57. The van der Waals surface area contributed by atoms with Crippen LogP contribution < -0.4 is 0 Å². The number of nitrogens with zero attached hydrogens (tertiary/aromatic N) is 8. The second-order valence-electron chi connectivity index (χ2n) is 5.71. The zero-order valence-corrected chi connectivity index (χ0v) is 14.3. The van der Waals surface area contributed by atoms with Crippen LogP contribution in [0.3, 0.4) is 0 Å². The Kier molecular flexibility index (Phi) is 7.36. The van der Waals surface area contributed by atoms with Crippen LogP contribution in [0.2, 0.25) is 0 Å². The number of rotatable bonds is 13. The lowest BCUT2D eigenvalue weighted by Gasteiger charge is -2.21. The first-order valence-electron chi connectivity index (χ1n) is 6.96. The van der Waals surface area contributed by atoms with Crippen LogP contribution in [-0.4, -0.2) is 77.3 Å². The summed E-state index contributed by atoms with van der Waals surface area (Å²) in [5, 5.41) is 62.7. The van der Waals surface area contributed by atoms with Crippen molar-refractivity contribution in [1.82, 2.24) is 10.0 Å². The molecular weight excluding hydrogens is 400 g/mol. The van der Waals surface area contributed by atoms with Crippen LogP contribution in [0.4, 0.5) is 0 Å². The summed E-state index contributed by atoms with van der Waals surface area (Å²) in [7, 11) is 0. The van der Waals surface area contributed by atoms with Gasteiger partial charge < -0.3 is 0 Å². The maximum Gasteiger partial charge on any atom is 0.478 e. The van der Waals surface area contributed by atoms with Crippen LogP contribution in [0.15, 0.2) is 0 Å². The molecule has 0 unspecified atom stereocenters. The maximum absolute atomic E-state index is 11.0. The van der Waals surface area contributed by atoms with E-state index in [2.05, 4.69) is 0 Å². The van der Waals surface area contributed by atoms with Crippen LogP contribution in [0.25, 0.3) is 0 Å². The summed E-state index contributed by atoms with van der Waals surface area (Å²) in [5.74, 6) is 0. The summed E-state index contributed by atoms with van der Waals surface area (Å²) in [6, 6.07) is 0. The van der Waals surface area contributed by atoms with Gasteiger partial charge in [0.05, 0.1) is 13.8 Å². The van der Waals surface area contributed by atoms with Crippen LogP contribution >= 0.6 is 0 Å². The molecule has 0 aliphatic carbocycles. The van der Waals surface area contributed by atoms with Crippen molar-refractivity contribution < 1.29 is 29.8 Å². The Morgan fingerprint density at radius 1 is 0.571 bits per heavy atom. The van der Waals surface area contributed by atoms with Gasteiger partial charge in [0.1, 0.15) is 32.8 Å². The highest BCUT2D eigenvalue weighted by Crippen LogP contribution is 2.15. The molecule has 0 saturated carbocycles. The van der Waals surface area contributed by atoms with Crippen molar-refractivity contribution in [2.45, 2.75) is 25.2 Å². The highest BCUT2D eigenvalue weighted by molar-refractivity contribution is 4.67. The van der Waals surface area contributed by atoms with E-state index in [4.69, 9.17) is 0 Å². The third kappa shape index (κ3) is 5.25. The maximum atomic E-state index is 11.0. The Morgan fingerprint density at radius 2 is 0.786 bits per heavy atom. The van der Waals surface area contributed by atoms with E-state index in [1.54, 1.807) is 0 Å². The summed E-state index contributed by atoms with van der Waals surface area (Å²) in [5.41, 5.74) is -6.05. The average Bonchev–Trinajstić information content (AvgIpc) is 2.55. The molecule has 0 aromatic heterocycles. The molecule has 0 rings (SSSR count). The highest BCUT2D eigenvalue weighted by atomic mass is 16.7. The van der Waals surface area contributed by atoms with E-state index in [1.165, 1.54) is 0 Å². The zero-order chi connectivity index (χ0) is 22.4. The van der Waals surface area contributed by atoms with Crippen LogP contribution in [0.5, 0.6) is 0 Å². The Balaban J connectivity index is 5.52. The number of hydrogen-bond donors (Lipinski definition) is 0. The smallest absolute Gasteiger partial charge is 0.258 e. The molecule has 0 atom stereocenters. The first-order valence-corrected chi connectivity index (χ1v) is 6.96. The van der Waals surface area contributed by atoms with Crippen LogP contribution in [0, 0.1) is 60.7 Å². The molecule has 0 N–H and O–H groups in total. The van der Waals surface area contributed by atoms with Crippen LogP contribution in [0.1, 0.15) is 13.8 Å². The number of nitro groups is 6. The first kappa shape index (κ1) is 24.0. The normalized spacial score (nSPS) is 11.4. The van der Waals surface area contributed by atoms with Crippen molar-refractivity contribution in [3.8, 4) is 0 Å². The summed E-state index contributed by atoms with van der Waals surface area (Å²) in [4.78, 5) is 59.8. The predicted molar refractivity (Wildman–Crippen MR) is 81.9 cm³/mol. The molecule has 0 aliphatic rings. The van der Waals surface area contributed by atoms with E-state index in [0.29, 0.717) is 13.8 Å². The fraction of sp³-hybridized carbons (Fsp3) is 1.00. The fourth-order valence-corrected chi connectivity index (χ4v) is 1.72. The molecule has 0 aromatic rings. The monoisotopic (exact) mass is 414 g/mol. The lowest BCUT2D eigenvalue weighted by atomic mass is 10.2. The highest BCUT2D eigenvalue weighted by Gasteiger charge is 2.56. The molecule has 20 heteroatoms. The van der Waals surface area contributed by atoms with Gasteiger partial charge in [0.25, 0.3) is 0 Å². The zero-order valence-electron chi connectivity index (χ0n) is 14.3. The van der Waals surface area contributed by atoms with Crippen molar-refractivity contribution in [2.75, 3.05) is 26.2 Å². The minimum absolute atomic E-state index is 0.0717. The third-order valence-electron chi connectivity index (χ3n) is 3.62. The van der Waals surface area contributed by atoms with Gasteiger partial charge in [-0.3, -0.25) is 40.5 Å². The van der Waals surface area contributed by atoms with E-state index in [9.17, 15) is 60.7 Å². The fourth-order valence-electron chi connectivity index (χ4n) is 1.72. The van der Waals surface area contributed by atoms with Gasteiger partial charge in [0.15, 0.2) is 10.1 Å². The standard InChI is InChI=1S/C8H14N8O12/c1-7(11(17)18,12(19)20)5-9(15(25)26)3-4-10(16(27)28)6-8(2,13(21)22)14(23)24/h3-6H2,1-2H3. The largest absolute Gasteiger partial charge is 0.478 e. The molecule has 0 spiro atoms. The molecular formula is C8H14N8O12. The molecule has 0 aliphatic heterocycles. The molecule has 28 heavy (non-hydrogen) atoms. The Bertz CT molecular complexity index is 609. The van der Waals surface area contributed by atoms with Gasteiger partial charge in [0, 0.05) is 0 Å². The summed E-state index contributed by atoms with van der Waals surface area (Å²) in [6.45, 7) is -3.90. The van der Waals surface area contributed by atoms with E-state index < -0.39 is 67.3 Å². The second kappa shape index (κ2) is 8.59. The lowest BCUT2D eigenvalue weighted by molar-refractivity contribution is -0.808. The van der Waals surface area contributed by atoms with E-state index in [-0.39, 0.29) is 10.0 Å². The van der Waals surface area contributed by atoms with E-state index >= 15 is 0 Å². The van der Waals surface area contributed by atoms with Gasteiger partial charge in [-0.1, -0.05) is 0 Å². The van der Waals surface area contributed by atoms with Crippen molar-refractivity contribution in [3.05, 3.63) is 60.7 Å². The Hall–Kier alpha value is -4.00.